The van der Waals surface area contributed by atoms with Crippen LogP contribution in [0, 0.1) is 5.82 Å². The highest BCUT2D eigenvalue weighted by molar-refractivity contribution is 5.98. The lowest BCUT2D eigenvalue weighted by Crippen LogP contribution is -2.36. The van der Waals surface area contributed by atoms with E-state index in [-0.39, 0.29) is 17.5 Å². The molecule has 1 atom stereocenters. The number of amides is 1. The summed E-state index contributed by atoms with van der Waals surface area (Å²) in [4.78, 5) is 20.1. The highest BCUT2D eigenvalue weighted by Crippen LogP contribution is 2.13. The number of carbonyl (C=O) groups is 1. The van der Waals surface area contributed by atoms with Crippen LogP contribution in [0.3, 0.4) is 0 Å². The molecule has 0 aliphatic rings. The average Bonchev–Trinajstić information content (AvgIpc) is 2.93. The predicted molar refractivity (Wildman–Crippen MR) is 77.5 cm³/mol. The fraction of sp³-hybridized carbons (Fsp3) is 0.357. The second-order valence-electron chi connectivity index (χ2n) is 4.71. The molecular weight excluding hydrogens is 273 g/mol. The molecule has 0 aliphatic heterocycles. The van der Waals surface area contributed by atoms with Gasteiger partial charge in [0.05, 0.1) is 18.1 Å². The number of carbonyl (C=O) groups excluding carboxylic acids is 1. The molecule has 0 aromatic carbocycles. The van der Waals surface area contributed by atoms with Crippen LogP contribution in [0.4, 0.5) is 10.2 Å². The predicted octanol–water partition coefficient (Wildman–Crippen LogP) is 1.67. The van der Waals surface area contributed by atoms with Gasteiger partial charge in [0.15, 0.2) is 0 Å². The Balaban J connectivity index is 2.07. The Morgan fingerprint density at radius 3 is 3.00 bits per heavy atom. The number of hydrogen-bond donors (Lipinski definition) is 2. The number of halogens is 1. The number of aromatic nitrogens is 3. The van der Waals surface area contributed by atoms with Crippen molar-refractivity contribution in [1.82, 2.24) is 19.9 Å². The van der Waals surface area contributed by atoms with Crippen molar-refractivity contribution in [3.05, 3.63) is 42.4 Å². The number of nitrogens with one attached hydrogen (secondary N) is 2. The van der Waals surface area contributed by atoms with Crippen LogP contribution in [-0.2, 0) is 6.54 Å². The first kappa shape index (κ1) is 15.0. The molecule has 6 nitrogen and oxygen atoms in total. The molecule has 2 heterocycles. The summed E-state index contributed by atoms with van der Waals surface area (Å²) in [5.41, 5.74) is 0.203. The molecule has 2 aromatic heterocycles. The van der Waals surface area contributed by atoms with Gasteiger partial charge in [-0.15, -0.1) is 0 Å². The fourth-order valence-electron chi connectivity index (χ4n) is 1.98. The first-order valence-electron chi connectivity index (χ1n) is 6.76. The van der Waals surface area contributed by atoms with Crippen LogP contribution in [0.5, 0.6) is 0 Å². The van der Waals surface area contributed by atoms with Gasteiger partial charge >= 0.3 is 0 Å². The molecule has 7 heteroatoms. The first-order valence-corrected chi connectivity index (χ1v) is 6.76. The van der Waals surface area contributed by atoms with Gasteiger partial charge in [-0.1, -0.05) is 0 Å². The van der Waals surface area contributed by atoms with Crippen LogP contribution in [0.15, 0.2) is 31.0 Å². The number of hydrogen-bond acceptors (Lipinski definition) is 4. The summed E-state index contributed by atoms with van der Waals surface area (Å²) in [5.74, 6) is -0.513. The second kappa shape index (κ2) is 6.83. The van der Waals surface area contributed by atoms with E-state index in [1.54, 1.807) is 12.5 Å². The molecule has 0 bridgehead atoms. The Bertz CT molecular complexity index is 599. The van der Waals surface area contributed by atoms with E-state index >= 15 is 0 Å². The summed E-state index contributed by atoms with van der Waals surface area (Å²) in [7, 11) is 0. The van der Waals surface area contributed by atoms with E-state index in [1.807, 2.05) is 24.6 Å². The lowest BCUT2D eigenvalue weighted by Gasteiger charge is -2.16. The van der Waals surface area contributed by atoms with Crippen LogP contribution in [0.1, 0.15) is 24.2 Å². The molecule has 2 aromatic rings. The van der Waals surface area contributed by atoms with Crippen LogP contribution in [0.25, 0.3) is 0 Å². The summed E-state index contributed by atoms with van der Waals surface area (Å²) in [5, 5.41) is 5.78. The number of pyridine rings is 1. The standard InChI is InChI=1S/C14H18FN5O/c1-3-17-13-12(6-11(15)7-18-13)14(21)19-10(2)8-20-5-4-16-9-20/h4-7,9-10H,3,8H2,1-2H3,(H,17,18)(H,19,21). The monoisotopic (exact) mass is 291 g/mol. The smallest absolute Gasteiger partial charge is 0.255 e. The third kappa shape index (κ3) is 4.01. The third-order valence-electron chi connectivity index (χ3n) is 2.86. The van der Waals surface area contributed by atoms with Gasteiger partial charge in [0.25, 0.3) is 5.91 Å². The molecule has 1 unspecified atom stereocenters. The minimum Gasteiger partial charge on any atom is -0.370 e. The molecule has 21 heavy (non-hydrogen) atoms. The Morgan fingerprint density at radius 1 is 1.52 bits per heavy atom. The Hall–Kier alpha value is -2.44. The lowest BCUT2D eigenvalue weighted by atomic mass is 10.2. The quantitative estimate of drug-likeness (QED) is 0.849. The number of anilines is 1. The molecule has 0 fully saturated rings. The van der Waals surface area contributed by atoms with Crippen LogP contribution in [-0.4, -0.2) is 33.0 Å². The molecule has 1 amide bonds. The summed E-state index contributed by atoms with van der Waals surface area (Å²) in [6.45, 7) is 4.94. The lowest BCUT2D eigenvalue weighted by molar-refractivity contribution is 0.0936. The Kier molecular flexibility index (Phi) is 4.86. The normalized spacial score (nSPS) is 12.0. The van der Waals surface area contributed by atoms with Crippen molar-refractivity contribution in [2.24, 2.45) is 0 Å². The van der Waals surface area contributed by atoms with Gasteiger partial charge in [-0.3, -0.25) is 4.79 Å². The molecule has 0 radical (unpaired) electrons. The van der Waals surface area contributed by atoms with Crippen molar-refractivity contribution >= 4 is 11.7 Å². The van der Waals surface area contributed by atoms with Gasteiger partial charge in [0.1, 0.15) is 11.6 Å². The van der Waals surface area contributed by atoms with E-state index in [0.717, 1.165) is 6.20 Å². The van der Waals surface area contributed by atoms with E-state index < -0.39 is 5.82 Å². The summed E-state index contributed by atoms with van der Waals surface area (Å²) < 4.78 is 15.2. The van der Waals surface area contributed by atoms with Crippen molar-refractivity contribution in [3.8, 4) is 0 Å². The molecule has 0 saturated heterocycles. The summed E-state index contributed by atoms with van der Waals surface area (Å²) >= 11 is 0. The third-order valence-corrected chi connectivity index (χ3v) is 2.86. The topological polar surface area (TPSA) is 71.8 Å². The van der Waals surface area contributed by atoms with Crippen molar-refractivity contribution in [2.45, 2.75) is 26.4 Å². The van der Waals surface area contributed by atoms with E-state index in [2.05, 4.69) is 20.6 Å². The molecule has 0 aliphatic carbocycles. The minimum absolute atomic E-state index is 0.121. The molecule has 0 saturated carbocycles. The van der Waals surface area contributed by atoms with E-state index in [9.17, 15) is 9.18 Å². The molecule has 0 spiro atoms. The molecule has 2 N–H and O–H groups in total. The Morgan fingerprint density at radius 2 is 2.33 bits per heavy atom. The van der Waals surface area contributed by atoms with E-state index in [4.69, 9.17) is 0 Å². The zero-order valence-electron chi connectivity index (χ0n) is 12.0. The Labute approximate surface area is 122 Å². The van der Waals surface area contributed by atoms with Gasteiger partial charge in [-0.25, -0.2) is 14.4 Å². The molecule has 2 rings (SSSR count). The van der Waals surface area contributed by atoms with Gasteiger partial charge in [0, 0.05) is 31.5 Å². The summed E-state index contributed by atoms with van der Waals surface area (Å²) in [6, 6.07) is 1.06. The average molecular weight is 291 g/mol. The number of nitrogens with zero attached hydrogens (tertiary/aromatic N) is 3. The number of rotatable bonds is 6. The number of imidazole rings is 1. The van der Waals surface area contributed by atoms with Gasteiger partial charge in [-0.2, -0.15) is 0 Å². The summed E-state index contributed by atoms with van der Waals surface area (Å²) in [6.07, 6.45) is 6.25. The van der Waals surface area contributed by atoms with Crippen molar-refractivity contribution < 1.29 is 9.18 Å². The maximum atomic E-state index is 13.3. The van der Waals surface area contributed by atoms with Gasteiger partial charge < -0.3 is 15.2 Å². The highest BCUT2D eigenvalue weighted by Gasteiger charge is 2.16. The van der Waals surface area contributed by atoms with E-state index in [0.29, 0.717) is 18.9 Å². The maximum Gasteiger partial charge on any atom is 0.255 e. The molecular formula is C14H18FN5O. The largest absolute Gasteiger partial charge is 0.370 e. The van der Waals surface area contributed by atoms with Crippen molar-refractivity contribution in [3.63, 3.8) is 0 Å². The minimum atomic E-state index is -0.538. The van der Waals surface area contributed by atoms with Gasteiger partial charge in [0.2, 0.25) is 0 Å². The van der Waals surface area contributed by atoms with Crippen LogP contribution in [0.2, 0.25) is 0 Å². The van der Waals surface area contributed by atoms with E-state index in [1.165, 1.54) is 6.07 Å². The van der Waals surface area contributed by atoms with Crippen molar-refractivity contribution in [1.29, 1.82) is 0 Å². The van der Waals surface area contributed by atoms with Crippen LogP contribution >= 0.6 is 0 Å². The second-order valence-corrected chi connectivity index (χ2v) is 4.71. The zero-order valence-corrected chi connectivity index (χ0v) is 12.0. The van der Waals surface area contributed by atoms with Crippen molar-refractivity contribution in [2.75, 3.05) is 11.9 Å². The zero-order chi connectivity index (χ0) is 15.2. The van der Waals surface area contributed by atoms with Gasteiger partial charge in [-0.05, 0) is 19.9 Å². The highest BCUT2D eigenvalue weighted by atomic mass is 19.1. The van der Waals surface area contributed by atoms with Crippen LogP contribution < -0.4 is 10.6 Å². The maximum absolute atomic E-state index is 13.3. The fourth-order valence-corrected chi connectivity index (χ4v) is 1.98. The first-order chi connectivity index (χ1) is 10.1. The molecule has 112 valence electrons. The SMILES string of the molecule is CCNc1ncc(F)cc1C(=O)NC(C)Cn1ccnc1.